The molecule has 98 valence electrons. The molecular weight excluding hydrogens is 220 g/mol. The number of hydrogen-bond donors (Lipinski definition) is 1. The summed E-state index contributed by atoms with van der Waals surface area (Å²) in [6, 6.07) is 8.77. The lowest BCUT2D eigenvalue weighted by Crippen LogP contribution is -2.20. The molecule has 0 unspecified atom stereocenters. The molecule has 2 saturated carbocycles. The minimum atomic E-state index is -0.479. The third kappa shape index (κ3) is 2.33. The van der Waals surface area contributed by atoms with Crippen molar-refractivity contribution in [1.29, 1.82) is 0 Å². The normalized spacial score (nSPS) is 25.9. The van der Waals surface area contributed by atoms with Gasteiger partial charge in [-0.05, 0) is 61.0 Å². The molecule has 0 aliphatic heterocycles. The van der Waals surface area contributed by atoms with Gasteiger partial charge in [0.05, 0.1) is 5.60 Å². The van der Waals surface area contributed by atoms with Gasteiger partial charge in [0.2, 0.25) is 0 Å². The highest BCUT2D eigenvalue weighted by Gasteiger charge is 2.42. The fourth-order valence-electron chi connectivity index (χ4n) is 3.21. The molecule has 0 atom stereocenters. The zero-order chi connectivity index (χ0) is 12.8. The lowest BCUT2D eigenvalue weighted by molar-refractivity contribution is 0.151. The van der Waals surface area contributed by atoms with Gasteiger partial charge in [-0.2, -0.15) is 0 Å². The van der Waals surface area contributed by atoms with Gasteiger partial charge in [-0.15, -0.1) is 0 Å². The minimum Gasteiger partial charge on any atom is -0.385 e. The summed E-state index contributed by atoms with van der Waals surface area (Å²) in [6.45, 7) is 4.77. The Hall–Kier alpha value is -0.820. The van der Waals surface area contributed by atoms with Crippen LogP contribution in [-0.4, -0.2) is 5.11 Å². The lowest BCUT2D eigenvalue weighted by Gasteiger charge is -2.34. The first kappa shape index (κ1) is 12.2. The SMILES string of the molecule is CC1(C)CCC(c2ccc(C3(O)CC3)cc2)CC1. The van der Waals surface area contributed by atoms with Gasteiger partial charge in [0.25, 0.3) is 0 Å². The first-order valence-corrected chi connectivity index (χ1v) is 7.31. The van der Waals surface area contributed by atoms with Gasteiger partial charge in [0.1, 0.15) is 0 Å². The van der Waals surface area contributed by atoms with Crippen LogP contribution in [0.2, 0.25) is 0 Å². The van der Waals surface area contributed by atoms with Gasteiger partial charge >= 0.3 is 0 Å². The van der Waals surface area contributed by atoms with Crippen molar-refractivity contribution in [1.82, 2.24) is 0 Å². The smallest absolute Gasteiger partial charge is 0.0899 e. The van der Waals surface area contributed by atoms with Crippen LogP contribution in [0, 0.1) is 5.41 Å². The van der Waals surface area contributed by atoms with E-state index in [1.54, 1.807) is 0 Å². The second-order valence-electron chi connectivity index (χ2n) is 7.09. The summed E-state index contributed by atoms with van der Waals surface area (Å²) in [5.41, 5.74) is 2.65. The molecule has 1 N–H and O–H groups in total. The Morgan fingerprint density at radius 3 is 2.00 bits per heavy atom. The van der Waals surface area contributed by atoms with Gasteiger partial charge < -0.3 is 5.11 Å². The van der Waals surface area contributed by atoms with Crippen molar-refractivity contribution in [3.05, 3.63) is 35.4 Å². The van der Waals surface area contributed by atoms with Crippen LogP contribution in [0.1, 0.15) is 69.4 Å². The van der Waals surface area contributed by atoms with Crippen molar-refractivity contribution in [2.45, 2.75) is 63.9 Å². The van der Waals surface area contributed by atoms with E-state index in [-0.39, 0.29) is 0 Å². The number of rotatable bonds is 2. The Morgan fingerprint density at radius 1 is 0.944 bits per heavy atom. The van der Waals surface area contributed by atoms with E-state index < -0.39 is 5.60 Å². The third-order valence-electron chi connectivity index (χ3n) is 4.98. The second-order valence-corrected chi connectivity index (χ2v) is 7.09. The summed E-state index contributed by atoms with van der Waals surface area (Å²) in [7, 11) is 0. The molecule has 2 aliphatic rings. The summed E-state index contributed by atoms with van der Waals surface area (Å²) < 4.78 is 0. The van der Waals surface area contributed by atoms with E-state index in [0.717, 1.165) is 24.3 Å². The van der Waals surface area contributed by atoms with Crippen LogP contribution in [0.25, 0.3) is 0 Å². The zero-order valence-corrected chi connectivity index (χ0v) is 11.6. The third-order valence-corrected chi connectivity index (χ3v) is 4.98. The number of hydrogen-bond acceptors (Lipinski definition) is 1. The van der Waals surface area contributed by atoms with E-state index in [9.17, 15) is 5.11 Å². The molecule has 1 aromatic rings. The molecule has 18 heavy (non-hydrogen) atoms. The number of aliphatic hydroxyl groups is 1. The molecule has 2 aliphatic carbocycles. The summed E-state index contributed by atoms with van der Waals surface area (Å²) in [5.74, 6) is 0.737. The maximum absolute atomic E-state index is 10.1. The molecule has 0 saturated heterocycles. The summed E-state index contributed by atoms with van der Waals surface area (Å²) >= 11 is 0. The molecule has 0 amide bonds. The zero-order valence-electron chi connectivity index (χ0n) is 11.6. The fourth-order valence-corrected chi connectivity index (χ4v) is 3.21. The van der Waals surface area contributed by atoms with E-state index in [1.165, 1.54) is 31.2 Å². The van der Waals surface area contributed by atoms with Gasteiger partial charge in [0.15, 0.2) is 0 Å². The van der Waals surface area contributed by atoms with Crippen molar-refractivity contribution in [2.24, 2.45) is 5.41 Å². The Morgan fingerprint density at radius 2 is 1.50 bits per heavy atom. The fraction of sp³-hybridized carbons (Fsp3) is 0.647. The summed E-state index contributed by atoms with van der Waals surface area (Å²) in [5, 5.41) is 10.1. The Bertz CT molecular complexity index is 415. The molecular formula is C17H24O. The topological polar surface area (TPSA) is 20.2 Å². The van der Waals surface area contributed by atoms with Crippen LogP contribution in [0.15, 0.2) is 24.3 Å². The Kier molecular flexibility index (Phi) is 2.78. The van der Waals surface area contributed by atoms with Crippen molar-refractivity contribution in [3.63, 3.8) is 0 Å². The van der Waals surface area contributed by atoms with Crippen molar-refractivity contribution in [2.75, 3.05) is 0 Å². The first-order chi connectivity index (χ1) is 8.49. The van der Waals surface area contributed by atoms with Crippen LogP contribution in [0.5, 0.6) is 0 Å². The molecule has 0 radical (unpaired) electrons. The van der Waals surface area contributed by atoms with Crippen LogP contribution >= 0.6 is 0 Å². The highest BCUT2D eigenvalue weighted by Crippen LogP contribution is 2.46. The highest BCUT2D eigenvalue weighted by molar-refractivity contribution is 5.32. The van der Waals surface area contributed by atoms with Gasteiger partial charge in [0, 0.05) is 0 Å². The highest BCUT2D eigenvalue weighted by atomic mass is 16.3. The maximum atomic E-state index is 10.1. The molecule has 3 rings (SSSR count). The summed E-state index contributed by atoms with van der Waals surface area (Å²) in [6.07, 6.45) is 7.17. The minimum absolute atomic E-state index is 0.479. The first-order valence-electron chi connectivity index (χ1n) is 7.31. The van der Waals surface area contributed by atoms with Crippen molar-refractivity contribution >= 4 is 0 Å². The molecule has 2 fully saturated rings. The lowest BCUT2D eigenvalue weighted by atomic mass is 9.71. The molecule has 0 bridgehead atoms. The van der Waals surface area contributed by atoms with E-state index in [2.05, 4.69) is 38.1 Å². The van der Waals surface area contributed by atoms with Crippen molar-refractivity contribution < 1.29 is 5.11 Å². The average Bonchev–Trinajstić information content (AvgIpc) is 3.09. The van der Waals surface area contributed by atoms with Gasteiger partial charge in [-0.1, -0.05) is 38.1 Å². The quantitative estimate of drug-likeness (QED) is 0.820. The molecule has 0 heterocycles. The standard InChI is InChI=1S/C17H24O/c1-16(2)9-7-14(8-10-16)13-3-5-15(6-4-13)17(18)11-12-17/h3-6,14,18H,7-12H2,1-2H3. The molecule has 0 spiro atoms. The monoisotopic (exact) mass is 244 g/mol. The van der Waals surface area contributed by atoms with Crippen LogP contribution in [-0.2, 0) is 5.60 Å². The predicted octanol–water partition coefficient (Wildman–Crippen LogP) is 4.35. The molecule has 1 heteroatoms. The van der Waals surface area contributed by atoms with Crippen molar-refractivity contribution in [3.8, 4) is 0 Å². The molecule has 1 nitrogen and oxygen atoms in total. The summed E-state index contributed by atoms with van der Waals surface area (Å²) in [4.78, 5) is 0. The van der Waals surface area contributed by atoms with Gasteiger partial charge in [-0.3, -0.25) is 0 Å². The largest absolute Gasteiger partial charge is 0.385 e. The van der Waals surface area contributed by atoms with E-state index >= 15 is 0 Å². The molecule has 1 aromatic carbocycles. The van der Waals surface area contributed by atoms with Crippen LogP contribution in [0.3, 0.4) is 0 Å². The van der Waals surface area contributed by atoms with Crippen LogP contribution in [0.4, 0.5) is 0 Å². The average molecular weight is 244 g/mol. The van der Waals surface area contributed by atoms with Gasteiger partial charge in [-0.25, -0.2) is 0 Å². The van der Waals surface area contributed by atoms with Crippen LogP contribution < -0.4 is 0 Å². The van der Waals surface area contributed by atoms with E-state index in [1.807, 2.05) is 0 Å². The van der Waals surface area contributed by atoms with E-state index in [0.29, 0.717) is 5.41 Å². The molecule has 0 aromatic heterocycles. The number of benzene rings is 1. The maximum Gasteiger partial charge on any atom is 0.0899 e. The Balaban J connectivity index is 1.70. The predicted molar refractivity (Wildman–Crippen MR) is 74.6 cm³/mol. The second kappa shape index (κ2) is 4.09. The van der Waals surface area contributed by atoms with E-state index in [4.69, 9.17) is 0 Å². The Labute approximate surface area is 110 Å².